The molecule has 182 valence electrons. The lowest BCUT2D eigenvalue weighted by atomic mass is 9.87. The number of anilines is 1. The number of carboxylic acid groups (broad SMARTS) is 2. The maximum Gasteiger partial charge on any atom is 0.317 e. The van der Waals surface area contributed by atoms with Gasteiger partial charge in [-0.15, -0.1) is 37.2 Å². The number of piperidine rings is 1. The number of nitrogen functional groups attached to an aromatic ring is 1. The van der Waals surface area contributed by atoms with Crippen LogP contribution < -0.4 is 10.6 Å². The average Bonchev–Trinajstić information content (AvgIpc) is 2.67. The molecule has 0 saturated carbocycles. The molecule has 2 atom stereocenters. The van der Waals surface area contributed by atoms with Crippen molar-refractivity contribution in [3.8, 4) is 0 Å². The summed E-state index contributed by atoms with van der Waals surface area (Å²) < 4.78 is 0. The Labute approximate surface area is 206 Å². The van der Waals surface area contributed by atoms with Crippen LogP contribution in [0, 0.1) is 11.3 Å². The van der Waals surface area contributed by atoms with Crippen molar-refractivity contribution < 1.29 is 19.8 Å². The second kappa shape index (κ2) is 13.7. The summed E-state index contributed by atoms with van der Waals surface area (Å²) in [7, 11) is 0. The van der Waals surface area contributed by atoms with Crippen LogP contribution in [0.2, 0.25) is 0 Å². The summed E-state index contributed by atoms with van der Waals surface area (Å²) in [5.74, 6) is -1.72. The van der Waals surface area contributed by atoms with E-state index in [1.807, 2.05) is 29.2 Å². The number of benzene rings is 1. The van der Waals surface area contributed by atoms with Crippen LogP contribution in [-0.2, 0) is 9.59 Å². The Bertz CT molecular complexity index is 760. The predicted molar refractivity (Wildman–Crippen MR) is 131 cm³/mol. The number of nitrogens with one attached hydrogen (secondary N) is 1. The topological polar surface area (TPSA) is 134 Å². The summed E-state index contributed by atoms with van der Waals surface area (Å²) in [6.07, 6.45) is 0.853. The van der Waals surface area contributed by atoms with E-state index in [4.69, 9.17) is 16.2 Å². The van der Waals surface area contributed by atoms with Crippen LogP contribution in [0.25, 0.3) is 0 Å². The van der Waals surface area contributed by atoms with Gasteiger partial charge in [-0.2, -0.15) is 0 Å². The lowest BCUT2D eigenvalue weighted by molar-refractivity contribution is -0.140. The molecular formula is C20H32Cl3N5O4. The van der Waals surface area contributed by atoms with Crippen LogP contribution >= 0.6 is 37.2 Å². The Kier molecular flexibility index (Phi) is 12.9. The number of piperazine rings is 1. The molecule has 9 nitrogen and oxygen atoms in total. The first-order valence-corrected chi connectivity index (χ1v) is 9.93. The highest BCUT2D eigenvalue weighted by atomic mass is 35.5. The second-order valence-electron chi connectivity index (χ2n) is 7.83. The van der Waals surface area contributed by atoms with Gasteiger partial charge in [0.05, 0.1) is 13.0 Å². The van der Waals surface area contributed by atoms with Crippen molar-refractivity contribution >= 4 is 60.7 Å². The Morgan fingerprint density at radius 3 is 2.06 bits per heavy atom. The van der Waals surface area contributed by atoms with E-state index in [-0.39, 0.29) is 68.0 Å². The molecule has 1 aromatic carbocycles. The third-order valence-corrected chi connectivity index (χ3v) is 5.90. The van der Waals surface area contributed by atoms with E-state index in [2.05, 4.69) is 9.80 Å². The molecule has 2 heterocycles. The molecule has 0 amide bonds. The van der Waals surface area contributed by atoms with E-state index in [9.17, 15) is 14.7 Å². The number of halogens is 3. The highest BCUT2D eigenvalue weighted by Gasteiger charge is 2.36. The van der Waals surface area contributed by atoms with Crippen molar-refractivity contribution in [3.05, 3.63) is 29.8 Å². The quantitative estimate of drug-likeness (QED) is 0.320. The largest absolute Gasteiger partial charge is 0.481 e. The third-order valence-electron chi connectivity index (χ3n) is 5.90. The minimum absolute atomic E-state index is 0. The first-order valence-electron chi connectivity index (χ1n) is 9.93. The first kappa shape index (κ1) is 30.2. The van der Waals surface area contributed by atoms with Crippen molar-refractivity contribution in [3.63, 3.8) is 0 Å². The van der Waals surface area contributed by atoms with Crippen LogP contribution in [0.15, 0.2) is 24.3 Å². The fourth-order valence-corrected chi connectivity index (χ4v) is 4.50. The molecule has 3 rings (SSSR count). The Hall–Kier alpha value is -1.78. The maximum absolute atomic E-state index is 11.4. The lowest BCUT2D eigenvalue weighted by Crippen LogP contribution is -2.57. The van der Waals surface area contributed by atoms with Crippen LogP contribution in [0.5, 0.6) is 0 Å². The highest BCUT2D eigenvalue weighted by molar-refractivity contribution is 5.95. The number of rotatable bonds is 7. The van der Waals surface area contributed by atoms with Gasteiger partial charge in [0.15, 0.2) is 0 Å². The van der Waals surface area contributed by atoms with Gasteiger partial charge in [0.2, 0.25) is 0 Å². The van der Waals surface area contributed by atoms with Crippen LogP contribution in [0.4, 0.5) is 5.69 Å². The number of nitrogens with two attached hydrogens (primary N) is 1. The van der Waals surface area contributed by atoms with E-state index in [1.165, 1.54) is 0 Å². The van der Waals surface area contributed by atoms with Crippen LogP contribution in [0.1, 0.15) is 18.4 Å². The summed E-state index contributed by atoms with van der Waals surface area (Å²) in [4.78, 5) is 28.9. The number of hydrogen-bond donors (Lipinski definition) is 4. The summed E-state index contributed by atoms with van der Waals surface area (Å²) in [5.41, 5.74) is 7.31. The summed E-state index contributed by atoms with van der Waals surface area (Å²) in [6.45, 7) is 4.52. The molecule has 0 aromatic heterocycles. The number of carbonyl (C=O) groups is 2. The number of aliphatic carboxylic acids is 2. The number of hydrogen-bond acceptors (Lipinski definition) is 6. The Morgan fingerprint density at radius 2 is 1.56 bits per heavy atom. The summed E-state index contributed by atoms with van der Waals surface area (Å²) in [5, 5.41) is 25.8. The van der Waals surface area contributed by atoms with E-state index in [1.54, 1.807) is 0 Å². The van der Waals surface area contributed by atoms with Crippen molar-refractivity contribution in [2.24, 2.45) is 11.7 Å². The summed E-state index contributed by atoms with van der Waals surface area (Å²) >= 11 is 0. The minimum Gasteiger partial charge on any atom is -0.481 e. The third kappa shape index (κ3) is 7.97. The van der Waals surface area contributed by atoms with Gasteiger partial charge in [-0.25, -0.2) is 0 Å². The first-order chi connectivity index (χ1) is 13.8. The number of likely N-dealkylation sites (tertiary alicyclic amines) is 1. The maximum atomic E-state index is 11.4. The Balaban J connectivity index is 0.00000320. The van der Waals surface area contributed by atoms with Crippen LogP contribution in [0.3, 0.4) is 0 Å². The number of amidine groups is 1. The highest BCUT2D eigenvalue weighted by Crippen LogP contribution is 2.27. The molecule has 5 N–H and O–H groups in total. The average molecular weight is 513 g/mol. The fourth-order valence-electron chi connectivity index (χ4n) is 4.50. The zero-order valence-corrected chi connectivity index (χ0v) is 20.1. The van der Waals surface area contributed by atoms with Crippen molar-refractivity contribution in [2.75, 3.05) is 50.7 Å². The molecule has 32 heavy (non-hydrogen) atoms. The molecule has 2 aliphatic rings. The molecule has 1 aromatic rings. The van der Waals surface area contributed by atoms with Gasteiger partial charge >= 0.3 is 11.9 Å². The molecule has 0 unspecified atom stereocenters. The van der Waals surface area contributed by atoms with Gasteiger partial charge in [-0.1, -0.05) is 0 Å². The van der Waals surface area contributed by atoms with E-state index in [0.717, 1.165) is 38.3 Å². The standard InChI is InChI=1S/C20H29N5O4.3ClH/c21-20(22)14-1-3-16(4-2-14)24-7-9-25(10-8-24)17-5-6-23(13-19(28)29)12-15(17)11-18(26)27;;;/h1-4,15,17H,5-13H2,(H3,21,22)(H,26,27)(H,28,29);3*1H/t15-,17+;;;/m0.../s1. The smallest absolute Gasteiger partial charge is 0.317 e. The van der Waals surface area contributed by atoms with Gasteiger partial charge in [0.1, 0.15) is 5.84 Å². The van der Waals surface area contributed by atoms with Gasteiger partial charge in [0.25, 0.3) is 0 Å². The zero-order valence-electron chi connectivity index (χ0n) is 17.7. The second-order valence-corrected chi connectivity index (χ2v) is 7.83. The van der Waals surface area contributed by atoms with Gasteiger partial charge in [-0.3, -0.25) is 24.8 Å². The van der Waals surface area contributed by atoms with E-state index < -0.39 is 11.9 Å². The van der Waals surface area contributed by atoms with Crippen molar-refractivity contribution in [1.82, 2.24) is 9.80 Å². The SMILES string of the molecule is Cl.Cl.Cl.N=C(N)c1ccc(N2CCN([C@@H]3CCN(CC(=O)O)C[C@@H]3CC(=O)O)CC2)cc1. The Morgan fingerprint density at radius 1 is 0.969 bits per heavy atom. The van der Waals surface area contributed by atoms with Gasteiger partial charge in [-0.05, 0) is 36.6 Å². The molecule has 0 radical (unpaired) electrons. The molecule has 2 fully saturated rings. The zero-order chi connectivity index (χ0) is 21.0. The predicted octanol–water partition coefficient (Wildman–Crippen LogP) is 1.61. The molecule has 0 spiro atoms. The van der Waals surface area contributed by atoms with Gasteiger partial charge < -0.3 is 20.8 Å². The monoisotopic (exact) mass is 511 g/mol. The molecule has 2 saturated heterocycles. The van der Waals surface area contributed by atoms with Crippen LogP contribution in [-0.4, -0.2) is 89.6 Å². The van der Waals surface area contributed by atoms with E-state index in [0.29, 0.717) is 18.7 Å². The molecule has 12 heteroatoms. The molecule has 0 bridgehead atoms. The molecule has 0 aliphatic carbocycles. The summed E-state index contributed by atoms with van der Waals surface area (Å²) in [6, 6.07) is 7.82. The van der Waals surface area contributed by atoms with Crippen molar-refractivity contribution in [1.29, 1.82) is 5.41 Å². The number of carboxylic acids is 2. The van der Waals surface area contributed by atoms with Crippen molar-refractivity contribution in [2.45, 2.75) is 18.9 Å². The molecular weight excluding hydrogens is 481 g/mol. The number of nitrogens with zero attached hydrogens (tertiary/aromatic N) is 3. The minimum atomic E-state index is -0.873. The van der Waals surface area contributed by atoms with Gasteiger partial charge in [0, 0.05) is 56.6 Å². The van der Waals surface area contributed by atoms with E-state index >= 15 is 0 Å². The molecule has 2 aliphatic heterocycles. The lowest BCUT2D eigenvalue weighted by Gasteiger charge is -2.46. The fraction of sp³-hybridized carbons (Fsp3) is 0.550. The normalized spacial score (nSPS) is 21.4.